The lowest BCUT2D eigenvalue weighted by atomic mass is 9.65. The number of nitrogens with zero attached hydrogens (tertiary/aromatic N) is 2. The zero-order valence-electron chi connectivity index (χ0n) is 18.4. The van der Waals surface area contributed by atoms with Crippen molar-refractivity contribution in [2.45, 2.75) is 31.6 Å². The fourth-order valence-corrected chi connectivity index (χ4v) is 4.45. The van der Waals surface area contributed by atoms with Gasteiger partial charge >= 0.3 is 6.09 Å². The minimum atomic E-state index is -1.04. The number of benzene rings is 2. The minimum absolute atomic E-state index is 0.00984. The van der Waals surface area contributed by atoms with Crippen LogP contribution in [0.1, 0.15) is 31.7 Å². The summed E-state index contributed by atoms with van der Waals surface area (Å²) in [6.07, 6.45) is 1.58. The van der Waals surface area contributed by atoms with Crippen LogP contribution in [0, 0.1) is 11.3 Å². The molecular weight excluding hydrogens is 497 g/mol. The Morgan fingerprint density at radius 1 is 1.23 bits per heavy atom. The molecule has 1 saturated carbocycles. The van der Waals surface area contributed by atoms with Gasteiger partial charge in [-0.05, 0) is 55.7 Å². The molecule has 0 atom stereocenters. The Bertz CT molecular complexity index is 1280. The van der Waals surface area contributed by atoms with Gasteiger partial charge in [-0.25, -0.2) is 4.79 Å². The van der Waals surface area contributed by atoms with E-state index in [0.717, 1.165) is 30.5 Å². The van der Waals surface area contributed by atoms with Crippen LogP contribution in [-0.4, -0.2) is 30.2 Å². The van der Waals surface area contributed by atoms with E-state index < -0.39 is 23.1 Å². The third-order valence-corrected chi connectivity index (χ3v) is 6.29. The number of hydrazone groups is 1. The lowest BCUT2D eigenvalue weighted by Crippen LogP contribution is -2.40. The van der Waals surface area contributed by atoms with Crippen LogP contribution < -0.4 is 20.8 Å². The van der Waals surface area contributed by atoms with Crippen LogP contribution in [0.4, 0.5) is 16.2 Å². The Hall–Kier alpha value is -3.81. The highest BCUT2D eigenvalue weighted by molar-refractivity contribution is 6.47. The normalized spacial score (nSPS) is 15.4. The summed E-state index contributed by atoms with van der Waals surface area (Å²) >= 11 is 12.7. The first kappa shape index (κ1) is 24.3. The Balaban J connectivity index is 1.50. The van der Waals surface area contributed by atoms with E-state index in [4.69, 9.17) is 33.2 Å². The van der Waals surface area contributed by atoms with Crippen LogP contribution in [-0.2, 0) is 19.7 Å². The second kappa shape index (κ2) is 9.82. The van der Waals surface area contributed by atoms with Crippen molar-refractivity contribution in [1.29, 1.82) is 5.26 Å². The standard InChI is InChI=1S/C23H19Cl2N5O5/c1-2-34-22(33)28-20(31)18(11-26)30-29-12-8-15(24)19(16(25)9-12)35-13-4-5-17-14(10-13)23(6-3-7-23)21(32)27-17/h4-5,8-10,29H,2-3,6-7H2,1H3,(H,27,32)(H,28,31,33). The van der Waals surface area contributed by atoms with Crippen molar-refractivity contribution in [2.75, 3.05) is 17.3 Å². The van der Waals surface area contributed by atoms with Crippen LogP contribution in [0.2, 0.25) is 10.0 Å². The van der Waals surface area contributed by atoms with E-state index in [2.05, 4.69) is 20.6 Å². The van der Waals surface area contributed by atoms with E-state index in [1.165, 1.54) is 12.1 Å². The van der Waals surface area contributed by atoms with E-state index in [1.807, 2.05) is 11.4 Å². The minimum Gasteiger partial charge on any atom is -0.454 e. The van der Waals surface area contributed by atoms with Gasteiger partial charge in [-0.1, -0.05) is 29.6 Å². The molecule has 0 saturated heterocycles. The molecule has 1 aliphatic heterocycles. The number of nitrogens with one attached hydrogen (secondary N) is 3. The topological polar surface area (TPSA) is 142 Å². The average Bonchev–Trinajstić information content (AvgIpc) is 3.08. The lowest BCUT2D eigenvalue weighted by molar-refractivity contribution is -0.123. The smallest absolute Gasteiger partial charge is 0.414 e. The van der Waals surface area contributed by atoms with Gasteiger partial charge in [-0.2, -0.15) is 10.4 Å². The van der Waals surface area contributed by atoms with Gasteiger partial charge in [-0.3, -0.25) is 20.3 Å². The van der Waals surface area contributed by atoms with Gasteiger partial charge in [0.1, 0.15) is 11.8 Å². The molecule has 4 rings (SSSR count). The van der Waals surface area contributed by atoms with Gasteiger partial charge in [0.15, 0.2) is 5.75 Å². The molecule has 2 aromatic rings. The van der Waals surface area contributed by atoms with Gasteiger partial charge in [0.05, 0.1) is 27.8 Å². The SMILES string of the molecule is CCOC(=O)NC(=O)C(C#N)=NNc1cc(Cl)c(Oc2ccc3c(c2)C2(CCC2)C(=O)N3)c(Cl)c1. The summed E-state index contributed by atoms with van der Waals surface area (Å²) in [6, 6.07) is 9.77. The summed E-state index contributed by atoms with van der Waals surface area (Å²) in [6.45, 7) is 1.63. The van der Waals surface area contributed by atoms with E-state index in [-0.39, 0.29) is 34.0 Å². The van der Waals surface area contributed by atoms with E-state index in [0.29, 0.717) is 5.75 Å². The quantitative estimate of drug-likeness (QED) is 0.372. The number of ether oxygens (including phenoxy) is 2. The maximum absolute atomic E-state index is 12.4. The first-order valence-corrected chi connectivity index (χ1v) is 11.4. The first-order valence-electron chi connectivity index (χ1n) is 10.6. The van der Waals surface area contributed by atoms with Crippen molar-refractivity contribution in [3.63, 3.8) is 0 Å². The average molecular weight is 516 g/mol. The van der Waals surface area contributed by atoms with Gasteiger partial charge in [-0.15, -0.1) is 0 Å². The molecule has 2 aliphatic rings. The third-order valence-electron chi connectivity index (χ3n) is 5.72. The van der Waals surface area contributed by atoms with E-state index in [1.54, 1.807) is 25.1 Å². The molecule has 1 aliphatic carbocycles. The Morgan fingerprint density at radius 2 is 1.94 bits per heavy atom. The number of amides is 3. The highest BCUT2D eigenvalue weighted by Gasteiger charge is 2.51. The molecule has 2 aromatic carbocycles. The molecule has 3 amide bonds. The number of fused-ring (bicyclic) bond motifs is 2. The first-order chi connectivity index (χ1) is 16.8. The summed E-state index contributed by atoms with van der Waals surface area (Å²) in [7, 11) is 0. The Kier molecular flexibility index (Phi) is 6.82. The Labute approximate surface area is 210 Å². The zero-order valence-corrected chi connectivity index (χ0v) is 19.9. The molecule has 1 fully saturated rings. The van der Waals surface area contributed by atoms with Crippen molar-refractivity contribution in [2.24, 2.45) is 5.10 Å². The molecular formula is C23H19Cl2N5O5. The van der Waals surface area contributed by atoms with Crippen molar-refractivity contribution in [3.05, 3.63) is 45.9 Å². The fraction of sp³-hybridized carbons (Fsp3) is 0.261. The number of halogens is 2. The van der Waals surface area contributed by atoms with Crippen molar-refractivity contribution >= 4 is 58.2 Å². The molecule has 1 spiro atoms. The summed E-state index contributed by atoms with van der Waals surface area (Å²) in [5.74, 6) is -0.375. The molecule has 3 N–H and O–H groups in total. The van der Waals surface area contributed by atoms with E-state index >= 15 is 0 Å². The van der Waals surface area contributed by atoms with Crippen LogP contribution in [0.25, 0.3) is 0 Å². The Morgan fingerprint density at radius 3 is 2.54 bits per heavy atom. The second-order valence-corrected chi connectivity index (χ2v) is 8.64. The number of anilines is 2. The second-order valence-electron chi connectivity index (χ2n) is 7.83. The van der Waals surface area contributed by atoms with Crippen LogP contribution in [0.15, 0.2) is 35.4 Å². The number of nitriles is 1. The summed E-state index contributed by atoms with van der Waals surface area (Å²) < 4.78 is 10.5. The number of hydrogen-bond acceptors (Lipinski definition) is 8. The number of hydrogen-bond donors (Lipinski definition) is 3. The monoisotopic (exact) mass is 515 g/mol. The highest BCUT2D eigenvalue weighted by Crippen LogP contribution is 2.52. The lowest BCUT2D eigenvalue weighted by Gasteiger charge is -2.36. The van der Waals surface area contributed by atoms with Crippen molar-refractivity contribution < 1.29 is 23.9 Å². The molecule has 0 radical (unpaired) electrons. The predicted molar refractivity (Wildman–Crippen MR) is 129 cm³/mol. The largest absolute Gasteiger partial charge is 0.454 e. The zero-order chi connectivity index (χ0) is 25.2. The summed E-state index contributed by atoms with van der Waals surface area (Å²) in [4.78, 5) is 35.7. The number of rotatable bonds is 6. The maximum Gasteiger partial charge on any atom is 0.414 e. The molecule has 12 heteroatoms. The van der Waals surface area contributed by atoms with Crippen LogP contribution in [0.3, 0.4) is 0 Å². The van der Waals surface area contributed by atoms with E-state index in [9.17, 15) is 14.4 Å². The van der Waals surface area contributed by atoms with Gasteiger partial charge in [0.25, 0.3) is 5.91 Å². The molecule has 10 nitrogen and oxygen atoms in total. The van der Waals surface area contributed by atoms with Crippen molar-refractivity contribution in [1.82, 2.24) is 5.32 Å². The number of imide groups is 1. The number of carbonyl (C=O) groups is 3. The van der Waals surface area contributed by atoms with Crippen LogP contribution >= 0.6 is 23.2 Å². The summed E-state index contributed by atoms with van der Waals surface area (Å²) in [5, 5.41) is 17.9. The molecule has 1 heterocycles. The van der Waals surface area contributed by atoms with Crippen LogP contribution in [0.5, 0.6) is 11.5 Å². The van der Waals surface area contributed by atoms with Gasteiger partial charge in [0, 0.05) is 5.69 Å². The highest BCUT2D eigenvalue weighted by atomic mass is 35.5. The van der Waals surface area contributed by atoms with Gasteiger partial charge in [0.2, 0.25) is 11.6 Å². The van der Waals surface area contributed by atoms with Crippen molar-refractivity contribution in [3.8, 4) is 17.6 Å². The molecule has 35 heavy (non-hydrogen) atoms. The van der Waals surface area contributed by atoms with Gasteiger partial charge < -0.3 is 14.8 Å². The predicted octanol–water partition coefficient (Wildman–Crippen LogP) is 4.72. The molecule has 0 bridgehead atoms. The maximum atomic E-state index is 12.4. The molecule has 0 unspecified atom stereocenters. The summed E-state index contributed by atoms with van der Waals surface area (Å²) in [5.41, 5.74) is 3.33. The number of alkyl carbamates (subject to hydrolysis) is 1. The molecule has 0 aromatic heterocycles. The fourth-order valence-electron chi connectivity index (χ4n) is 3.89. The third kappa shape index (κ3) is 4.73. The number of carbonyl (C=O) groups excluding carboxylic acids is 3. The molecule has 180 valence electrons.